The molecule has 1 spiro atoms. The van der Waals surface area contributed by atoms with Crippen molar-refractivity contribution in [3.63, 3.8) is 0 Å². The lowest BCUT2D eigenvalue weighted by atomic mass is 9.80. The van der Waals surface area contributed by atoms with Gasteiger partial charge >= 0.3 is 0 Å². The molecule has 1 saturated carbocycles. The van der Waals surface area contributed by atoms with Crippen LogP contribution in [0.4, 0.5) is 0 Å². The van der Waals surface area contributed by atoms with Gasteiger partial charge in [-0.1, -0.05) is 19.2 Å². The third kappa shape index (κ3) is 2.08. The molecule has 0 N–H and O–H groups in total. The molecule has 0 bridgehead atoms. The first-order valence-electron chi connectivity index (χ1n) is 5.33. The van der Waals surface area contributed by atoms with Crippen LogP contribution in [0, 0.1) is 5.92 Å². The summed E-state index contributed by atoms with van der Waals surface area (Å²) in [5.74, 6) is 0.509. The van der Waals surface area contributed by atoms with Crippen molar-refractivity contribution in [2.24, 2.45) is 5.92 Å². The van der Waals surface area contributed by atoms with Gasteiger partial charge in [-0.2, -0.15) is 0 Å². The summed E-state index contributed by atoms with van der Waals surface area (Å²) in [5, 5.41) is 0. The lowest BCUT2D eigenvalue weighted by Crippen LogP contribution is -2.36. The third-order valence-corrected chi connectivity index (χ3v) is 3.16. The Bertz CT molecular complexity index is 164. The van der Waals surface area contributed by atoms with Gasteiger partial charge in [-0.3, -0.25) is 0 Å². The van der Waals surface area contributed by atoms with E-state index in [1.165, 1.54) is 12.8 Å². The Labute approximate surface area is 81.4 Å². The lowest BCUT2D eigenvalue weighted by molar-refractivity contribution is -0.187. The van der Waals surface area contributed by atoms with Gasteiger partial charge in [-0.25, -0.2) is 0 Å². The zero-order chi connectivity index (χ0) is 9.15. The molecule has 2 aliphatic rings. The van der Waals surface area contributed by atoms with Crippen molar-refractivity contribution in [3.8, 4) is 0 Å². The Morgan fingerprint density at radius 3 is 2.77 bits per heavy atom. The molecule has 0 unspecified atom stereocenters. The Balaban J connectivity index is 1.90. The molecule has 0 aromatic heterocycles. The second kappa shape index (κ2) is 4.01. The molecule has 2 rings (SSSR count). The van der Waals surface area contributed by atoms with E-state index in [1.54, 1.807) is 0 Å². The Kier molecular flexibility index (Phi) is 2.94. The maximum absolute atomic E-state index is 5.69. The van der Waals surface area contributed by atoms with Crippen LogP contribution in [0.5, 0.6) is 0 Å². The highest BCUT2D eigenvalue weighted by Crippen LogP contribution is 2.40. The van der Waals surface area contributed by atoms with Crippen LogP contribution >= 0.6 is 0 Å². The Hall–Kier alpha value is -0.0151. The minimum Gasteiger partial charge on any atom is -0.348 e. The summed E-state index contributed by atoms with van der Waals surface area (Å²) >= 11 is 0. The molecular weight excluding hydrogens is 163 g/mol. The molecule has 13 heavy (non-hydrogen) atoms. The normalized spacial score (nSPS) is 32.5. The van der Waals surface area contributed by atoms with Crippen molar-refractivity contribution in [2.75, 3.05) is 13.2 Å². The Morgan fingerprint density at radius 2 is 2.08 bits per heavy atom. The lowest BCUT2D eigenvalue weighted by Gasteiger charge is -2.36. The fraction of sp³-hybridized carbons (Fsp3) is 1.00. The van der Waals surface area contributed by atoms with E-state index in [4.69, 9.17) is 17.3 Å². The molecule has 2 radical (unpaired) electrons. The smallest absolute Gasteiger partial charge is 0.168 e. The number of rotatable bonds is 2. The van der Waals surface area contributed by atoms with Crippen molar-refractivity contribution in [3.05, 3.63) is 0 Å². The van der Waals surface area contributed by atoms with Crippen molar-refractivity contribution in [2.45, 2.75) is 44.2 Å². The summed E-state index contributed by atoms with van der Waals surface area (Å²) in [7, 11) is 5.56. The highest BCUT2D eigenvalue weighted by Gasteiger charge is 2.40. The molecule has 72 valence electrons. The highest BCUT2D eigenvalue weighted by molar-refractivity contribution is 6.08. The minimum absolute atomic E-state index is 0.210. The first-order valence-corrected chi connectivity index (χ1v) is 5.33. The fourth-order valence-electron chi connectivity index (χ4n) is 2.55. The zero-order valence-corrected chi connectivity index (χ0v) is 8.13. The van der Waals surface area contributed by atoms with Crippen LogP contribution in [0.1, 0.15) is 32.1 Å². The monoisotopic (exact) mass is 180 g/mol. The van der Waals surface area contributed by atoms with Gasteiger partial charge in [0.15, 0.2) is 5.79 Å². The second-order valence-corrected chi connectivity index (χ2v) is 4.15. The molecule has 0 aromatic rings. The van der Waals surface area contributed by atoms with Crippen molar-refractivity contribution in [1.82, 2.24) is 0 Å². The zero-order valence-electron chi connectivity index (χ0n) is 8.13. The molecule has 0 amide bonds. The van der Waals surface area contributed by atoms with Crippen LogP contribution in [-0.4, -0.2) is 26.8 Å². The summed E-state index contributed by atoms with van der Waals surface area (Å²) in [4.78, 5) is 0. The molecule has 3 heteroatoms. The van der Waals surface area contributed by atoms with Crippen LogP contribution in [0.2, 0.25) is 6.32 Å². The average molecular weight is 180 g/mol. The standard InChI is InChI=1S/C10H17BO2/c11-5-3-9-2-1-4-10(8-9)12-6-7-13-10/h9H,1-8H2/t9-/m0/s1. The second-order valence-electron chi connectivity index (χ2n) is 4.15. The Morgan fingerprint density at radius 1 is 1.31 bits per heavy atom. The van der Waals surface area contributed by atoms with E-state index in [0.29, 0.717) is 0 Å². The summed E-state index contributed by atoms with van der Waals surface area (Å²) in [6.07, 6.45) is 6.57. The first kappa shape index (κ1) is 9.54. The van der Waals surface area contributed by atoms with Crippen LogP contribution in [0.25, 0.3) is 0 Å². The minimum atomic E-state index is -0.210. The van der Waals surface area contributed by atoms with Gasteiger partial charge < -0.3 is 9.47 Å². The van der Waals surface area contributed by atoms with Gasteiger partial charge in [0.25, 0.3) is 0 Å². The largest absolute Gasteiger partial charge is 0.348 e. The molecule has 2 nitrogen and oxygen atoms in total. The predicted octanol–water partition coefficient (Wildman–Crippen LogP) is 1.90. The molecule has 1 aliphatic carbocycles. The topological polar surface area (TPSA) is 18.5 Å². The highest BCUT2D eigenvalue weighted by atomic mass is 16.7. The van der Waals surface area contributed by atoms with E-state index in [2.05, 4.69) is 0 Å². The van der Waals surface area contributed by atoms with Crippen LogP contribution in [0.15, 0.2) is 0 Å². The van der Waals surface area contributed by atoms with Gasteiger partial charge in [0, 0.05) is 12.8 Å². The molecule has 2 fully saturated rings. The number of hydrogen-bond acceptors (Lipinski definition) is 2. The maximum atomic E-state index is 5.69. The van der Waals surface area contributed by atoms with E-state index < -0.39 is 0 Å². The van der Waals surface area contributed by atoms with Gasteiger partial charge in [-0.15, -0.1) is 0 Å². The quantitative estimate of drug-likeness (QED) is 0.604. The van der Waals surface area contributed by atoms with Crippen molar-refractivity contribution in [1.29, 1.82) is 0 Å². The summed E-state index contributed by atoms with van der Waals surface area (Å²) in [6, 6.07) is 0. The third-order valence-electron chi connectivity index (χ3n) is 3.16. The SMILES string of the molecule is [B]CC[C@@H]1CCCC2(C1)OCCO2. The summed E-state index contributed by atoms with van der Waals surface area (Å²) in [5.41, 5.74) is 0. The van der Waals surface area contributed by atoms with Crippen LogP contribution in [-0.2, 0) is 9.47 Å². The van der Waals surface area contributed by atoms with Gasteiger partial charge in [0.2, 0.25) is 0 Å². The van der Waals surface area contributed by atoms with E-state index >= 15 is 0 Å². The first-order chi connectivity index (χ1) is 6.35. The average Bonchev–Trinajstić information content (AvgIpc) is 2.54. The molecule has 0 aromatic carbocycles. The number of hydrogen-bond donors (Lipinski definition) is 0. The molecule has 1 saturated heterocycles. The summed E-state index contributed by atoms with van der Waals surface area (Å²) in [6.45, 7) is 1.55. The maximum Gasteiger partial charge on any atom is 0.168 e. The molecule has 1 aliphatic heterocycles. The van der Waals surface area contributed by atoms with Gasteiger partial charge in [-0.05, 0) is 12.3 Å². The van der Waals surface area contributed by atoms with Crippen molar-refractivity contribution >= 4 is 7.85 Å². The van der Waals surface area contributed by atoms with Crippen LogP contribution in [0.3, 0.4) is 0 Å². The predicted molar refractivity (Wildman–Crippen MR) is 51.8 cm³/mol. The summed E-state index contributed by atoms with van der Waals surface area (Å²) < 4.78 is 11.4. The fourth-order valence-corrected chi connectivity index (χ4v) is 2.55. The van der Waals surface area contributed by atoms with Crippen LogP contribution < -0.4 is 0 Å². The van der Waals surface area contributed by atoms with E-state index in [1.807, 2.05) is 0 Å². The van der Waals surface area contributed by atoms with Gasteiger partial charge in [0.05, 0.1) is 21.1 Å². The molecule has 1 heterocycles. The number of ether oxygens (including phenoxy) is 2. The van der Waals surface area contributed by atoms with E-state index in [9.17, 15) is 0 Å². The van der Waals surface area contributed by atoms with Crippen molar-refractivity contribution < 1.29 is 9.47 Å². The van der Waals surface area contributed by atoms with Gasteiger partial charge in [0.1, 0.15) is 0 Å². The van der Waals surface area contributed by atoms with E-state index in [0.717, 1.165) is 44.7 Å². The molecule has 1 atom stereocenters. The molecular formula is C10H17BO2. The van der Waals surface area contributed by atoms with E-state index in [-0.39, 0.29) is 5.79 Å².